The number of rotatable bonds is 0. The first-order valence-electron chi connectivity index (χ1n) is 4.53. The molecule has 0 aromatic rings. The summed E-state index contributed by atoms with van der Waals surface area (Å²) in [6, 6.07) is 0. The molecular weight excluding hydrogens is 168 g/mol. The molecule has 2 aliphatic rings. The van der Waals surface area contributed by atoms with Gasteiger partial charge < -0.3 is 4.74 Å². The Hall–Kier alpha value is -1.12. The van der Waals surface area contributed by atoms with Crippen LogP contribution in [-0.4, -0.2) is 11.9 Å². The van der Waals surface area contributed by atoms with E-state index in [0.717, 1.165) is 18.4 Å². The van der Waals surface area contributed by atoms with Gasteiger partial charge in [-0.05, 0) is 26.7 Å². The molecule has 0 N–H and O–H groups in total. The molecule has 1 heterocycles. The topological polar surface area (TPSA) is 43.4 Å². The van der Waals surface area contributed by atoms with Crippen molar-refractivity contribution in [3.05, 3.63) is 11.1 Å². The summed E-state index contributed by atoms with van der Waals surface area (Å²) in [7, 11) is 0. The Kier molecular flexibility index (Phi) is 1.75. The zero-order chi connectivity index (χ0) is 9.59. The fraction of sp³-hybridized carbons (Fsp3) is 0.600. The van der Waals surface area contributed by atoms with Gasteiger partial charge in [-0.3, -0.25) is 9.59 Å². The molecule has 13 heavy (non-hydrogen) atoms. The van der Waals surface area contributed by atoms with Gasteiger partial charge in [-0.25, -0.2) is 0 Å². The summed E-state index contributed by atoms with van der Waals surface area (Å²) in [5.74, 6) is -1.16. The van der Waals surface area contributed by atoms with Crippen molar-refractivity contribution in [2.45, 2.75) is 26.7 Å². The summed E-state index contributed by atoms with van der Waals surface area (Å²) in [6.45, 7) is 3.94. The monoisotopic (exact) mass is 180 g/mol. The molecule has 0 aromatic heterocycles. The molecule has 2 unspecified atom stereocenters. The number of cyclic esters (lactones) is 2. The van der Waals surface area contributed by atoms with Crippen molar-refractivity contribution in [2.24, 2.45) is 11.8 Å². The minimum Gasteiger partial charge on any atom is -0.392 e. The maximum atomic E-state index is 11.3. The lowest BCUT2D eigenvalue weighted by molar-refractivity contribution is -0.153. The van der Waals surface area contributed by atoms with Gasteiger partial charge in [-0.1, -0.05) is 11.1 Å². The average Bonchev–Trinajstić information content (AvgIpc) is 2.35. The fourth-order valence-electron chi connectivity index (χ4n) is 2.14. The van der Waals surface area contributed by atoms with E-state index in [0.29, 0.717) is 0 Å². The Morgan fingerprint density at radius 2 is 1.92 bits per heavy atom. The highest BCUT2D eigenvalue weighted by atomic mass is 16.6. The van der Waals surface area contributed by atoms with E-state index in [4.69, 9.17) is 0 Å². The number of esters is 2. The maximum absolute atomic E-state index is 11.3. The number of carbonyl (C=O) groups is 2. The molecular formula is C10H12O3. The van der Waals surface area contributed by atoms with Crippen molar-refractivity contribution in [3.63, 3.8) is 0 Å². The average molecular weight is 180 g/mol. The predicted octanol–water partition coefficient (Wildman–Crippen LogP) is 1.43. The summed E-state index contributed by atoms with van der Waals surface area (Å²) < 4.78 is 4.61. The quantitative estimate of drug-likeness (QED) is 0.322. The number of hydrogen-bond donors (Lipinski definition) is 0. The summed E-state index contributed by atoms with van der Waals surface area (Å²) in [4.78, 5) is 22.5. The highest BCUT2D eigenvalue weighted by Gasteiger charge is 2.46. The van der Waals surface area contributed by atoms with Gasteiger partial charge >= 0.3 is 11.9 Å². The summed E-state index contributed by atoms with van der Waals surface area (Å²) in [6.07, 6.45) is 1.67. The molecule has 3 heteroatoms. The third kappa shape index (κ3) is 1.10. The van der Waals surface area contributed by atoms with Crippen LogP contribution in [0.4, 0.5) is 0 Å². The lowest BCUT2D eigenvalue weighted by atomic mass is 9.77. The van der Waals surface area contributed by atoms with Gasteiger partial charge in [-0.15, -0.1) is 0 Å². The first-order chi connectivity index (χ1) is 6.11. The second-order valence-corrected chi connectivity index (χ2v) is 3.83. The zero-order valence-corrected chi connectivity index (χ0v) is 7.79. The van der Waals surface area contributed by atoms with Crippen LogP contribution in [-0.2, 0) is 14.3 Å². The van der Waals surface area contributed by atoms with Gasteiger partial charge in [0.1, 0.15) is 0 Å². The SMILES string of the molecule is CC1=C(C)C2C(=O)OC(=O)C2CC1. The van der Waals surface area contributed by atoms with Gasteiger partial charge in [-0.2, -0.15) is 0 Å². The van der Waals surface area contributed by atoms with E-state index in [-0.39, 0.29) is 23.8 Å². The molecule has 1 saturated heterocycles. The van der Waals surface area contributed by atoms with Crippen molar-refractivity contribution in [2.75, 3.05) is 0 Å². The van der Waals surface area contributed by atoms with E-state index in [1.54, 1.807) is 0 Å². The van der Waals surface area contributed by atoms with Gasteiger partial charge in [0.25, 0.3) is 0 Å². The van der Waals surface area contributed by atoms with E-state index in [1.165, 1.54) is 5.57 Å². The highest BCUT2D eigenvalue weighted by Crippen LogP contribution is 2.39. The van der Waals surface area contributed by atoms with Crippen molar-refractivity contribution in [3.8, 4) is 0 Å². The third-order valence-electron chi connectivity index (χ3n) is 3.13. The molecule has 0 spiro atoms. The summed E-state index contributed by atoms with van der Waals surface area (Å²) >= 11 is 0. The van der Waals surface area contributed by atoms with Crippen LogP contribution in [0.15, 0.2) is 11.1 Å². The van der Waals surface area contributed by atoms with Crippen LogP contribution in [0.3, 0.4) is 0 Å². The Morgan fingerprint density at radius 1 is 1.23 bits per heavy atom. The minimum absolute atomic E-state index is 0.198. The Labute approximate surface area is 76.8 Å². The van der Waals surface area contributed by atoms with Crippen molar-refractivity contribution >= 4 is 11.9 Å². The first-order valence-corrected chi connectivity index (χ1v) is 4.53. The smallest absolute Gasteiger partial charge is 0.321 e. The summed E-state index contributed by atoms with van der Waals surface area (Å²) in [5.41, 5.74) is 2.26. The van der Waals surface area contributed by atoms with Crippen LogP contribution in [0.5, 0.6) is 0 Å². The second-order valence-electron chi connectivity index (χ2n) is 3.83. The number of hydrogen-bond acceptors (Lipinski definition) is 3. The molecule has 70 valence electrons. The molecule has 0 amide bonds. The lowest BCUT2D eigenvalue weighted by Crippen LogP contribution is -2.23. The van der Waals surface area contributed by atoms with Crippen molar-refractivity contribution < 1.29 is 14.3 Å². The van der Waals surface area contributed by atoms with Crippen LogP contribution in [0.25, 0.3) is 0 Å². The normalized spacial score (nSPS) is 33.4. The van der Waals surface area contributed by atoms with E-state index >= 15 is 0 Å². The fourth-order valence-corrected chi connectivity index (χ4v) is 2.14. The lowest BCUT2D eigenvalue weighted by Gasteiger charge is -2.22. The molecule has 1 fully saturated rings. The number of carbonyl (C=O) groups excluding carboxylic acids is 2. The van der Waals surface area contributed by atoms with Gasteiger partial charge in [0.15, 0.2) is 0 Å². The predicted molar refractivity (Wildman–Crippen MR) is 45.7 cm³/mol. The largest absolute Gasteiger partial charge is 0.392 e. The van der Waals surface area contributed by atoms with Gasteiger partial charge in [0.05, 0.1) is 11.8 Å². The van der Waals surface area contributed by atoms with E-state index in [2.05, 4.69) is 4.74 Å². The molecule has 0 aromatic carbocycles. The van der Waals surface area contributed by atoms with Crippen molar-refractivity contribution in [1.82, 2.24) is 0 Å². The van der Waals surface area contributed by atoms with Crippen LogP contribution in [0.1, 0.15) is 26.7 Å². The van der Waals surface area contributed by atoms with Gasteiger partial charge in [0, 0.05) is 0 Å². The van der Waals surface area contributed by atoms with E-state index in [9.17, 15) is 9.59 Å². The molecule has 2 rings (SSSR count). The number of ether oxygens (including phenoxy) is 1. The standard InChI is InChI=1S/C10H12O3/c1-5-3-4-7-8(6(5)2)10(12)13-9(7)11/h7-8H,3-4H2,1-2H3. The highest BCUT2D eigenvalue weighted by molar-refractivity contribution is 5.98. The minimum atomic E-state index is -0.355. The van der Waals surface area contributed by atoms with E-state index < -0.39 is 0 Å². The molecule has 2 atom stereocenters. The van der Waals surface area contributed by atoms with Crippen LogP contribution < -0.4 is 0 Å². The molecule has 1 aliphatic carbocycles. The Balaban J connectivity index is 2.40. The molecule has 0 radical (unpaired) electrons. The van der Waals surface area contributed by atoms with Gasteiger partial charge in [0.2, 0.25) is 0 Å². The summed E-state index contributed by atoms with van der Waals surface area (Å²) in [5, 5.41) is 0. The van der Waals surface area contributed by atoms with Crippen LogP contribution in [0.2, 0.25) is 0 Å². The molecule has 0 saturated carbocycles. The second kappa shape index (κ2) is 2.69. The molecule has 3 nitrogen and oxygen atoms in total. The van der Waals surface area contributed by atoms with E-state index in [1.807, 2.05) is 13.8 Å². The van der Waals surface area contributed by atoms with Crippen molar-refractivity contribution in [1.29, 1.82) is 0 Å². The zero-order valence-electron chi connectivity index (χ0n) is 7.79. The Morgan fingerprint density at radius 3 is 2.62 bits per heavy atom. The maximum Gasteiger partial charge on any atom is 0.321 e. The first kappa shape index (κ1) is 8.48. The third-order valence-corrected chi connectivity index (χ3v) is 3.13. The Bertz CT molecular complexity index is 314. The van der Waals surface area contributed by atoms with Crippen LogP contribution in [0, 0.1) is 11.8 Å². The van der Waals surface area contributed by atoms with Crippen LogP contribution >= 0.6 is 0 Å². The molecule has 0 bridgehead atoms. The number of allylic oxidation sites excluding steroid dienone is 1. The molecule has 1 aliphatic heterocycles. The number of fused-ring (bicyclic) bond motifs is 1.